The normalized spacial score (nSPS) is 9.74. The number of hydrogen-bond acceptors (Lipinski definition) is 2. The number of hydrogen-bond donors (Lipinski definition) is 2. The second-order valence-corrected chi connectivity index (χ2v) is 4.58. The molecule has 0 aliphatic carbocycles. The van der Waals surface area contributed by atoms with Crippen molar-refractivity contribution < 1.29 is 0 Å². The number of benzene rings is 2. The number of para-hydroxylation sites is 1. The standard InChI is InChI=1S/C15H17N3S/c1-18(14-10-6-3-7-11-14)17-15(19)16-12-13-8-4-2-5-9-13/h2-11H,12H2,1H3,(H2,16,17,19). The third-order valence-electron chi connectivity index (χ3n) is 2.71. The van der Waals surface area contributed by atoms with Gasteiger partial charge in [-0.05, 0) is 29.9 Å². The van der Waals surface area contributed by atoms with Gasteiger partial charge in [0.2, 0.25) is 0 Å². The zero-order chi connectivity index (χ0) is 13.5. The topological polar surface area (TPSA) is 27.3 Å². The first-order valence-electron chi connectivity index (χ1n) is 6.13. The minimum Gasteiger partial charge on any atom is -0.357 e. The van der Waals surface area contributed by atoms with Gasteiger partial charge in [-0.25, -0.2) is 0 Å². The summed E-state index contributed by atoms with van der Waals surface area (Å²) in [6.07, 6.45) is 0. The Hall–Kier alpha value is -2.07. The molecule has 0 aliphatic rings. The summed E-state index contributed by atoms with van der Waals surface area (Å²) < 4.78 is 0. The Morgan fingerprint density at radius 1 is 1.00 bits per heavy atom. The monoisotopic (exact) mass is 271 g/mol. The summed E-state index contributed by atoms with van der Waals surface area (Å²) in [4.78, 5) is 0. The molecule has 2 aromatic rings. The number of nitrogens with zero attached hydrogens (tertiary/aromatic N) is 1. The van der Waals surface area contributed by atoms with E-state index in [2.05, 4.69) is 22.9 Å². The summed E-state index contributed by atoms with van der Waals surface area (Å²) in [5.74, 6) is 0. The van der Waals surface area contributed by atoms with Crippen molar-refractivity contribution in [2.45, 2.75) is 6.54 Å². The fourth-order valence-electron chi connectivity index (χ4n) is 1.69. The lowest BCUT2D eigenvalue weighted by Gasteiger charge is -2.22. The molecule has 0 fully saturated rings. The number of rotatable bonds is 4. The molecule has 2 aromatic carbocycles. The Balaban J connectivity index is 1.82. The zero-order valence-electron chi connectivity index (χ0n) is 10.8. The molecule has 3 nitrogen and oxygen atoms in total. The van der Waals surface area contributed by atoms with Gasteiger partial charge in [-0.15, -0.1) is 0 Å². The molecule has 0 radical (unpaired) electrons. The molecule has 0 aliphatic heterocycles. The molecule has 0 unspecified atom stereocenters. The van der Waals surface area contributed by atoms with E-state index in [0.717, 1.165) is 12.2 Å². The van der Waals surface area contributed by atoms with Crippen LogP contribution in [0.25, 0.3) is 0 Å². The van der Waals surface area contributed by atoms with Crippen LogP contribution in [0.15, 0.2) is 60.7 Å². The highest BCUT2D eigenvalue weighted by Crippen LogP contribution is 2.08. The minimum atomic E-state index is 0.607. The van der Waals surface area contributed by atoms with Crippen molar-refractivity contribution >= 4 is 23.0 Å². The van der Waals surface area contributed by atoms with Gasteiger partial charge in [-0.2, -0.15) is 0 Å². The van der Waals surface area contributed by atoms with Crippen molar-refractivity contribution in [3.8, 4) is 0 Å². The molecule has 2 N–H and O–H groups in total. The molecule has 0 spiro atoms. The van der Waals surface area contributed by atoms with Crippen LogP contribution in [0, 0.1) is 0 Å². The Labute approximate surface area is 119 Å². The summed E-state index contributed by atoms with van der Waals surface area (Å²) in [6.45, 7) is 0.718. The lowest BCUT2D eigenvalue weighted by molar-refractivity contribution is 0.817. The molecule has 0 aromatic heterocycles. The fraction of sp³-hybridized carbons (Fsp3) is 0.133. The Morgan fingerprint density at radius 3 is 2.21 bits per heavy atom. The van der Waals surface area contributed by atoms with Crippen LogP contribution in [-0.2, 0) is 6.54 Å². The maximum Gasteiger partial charge on any atom is 0.185 e. The molecular weight excluding hydrogens is 254 g/mol. The van der Waals surface area contributed by atoms with E-state index in [1.165, 1.54) is 5.56 Å². The molecule has 4 heteroatoms. The van der Waals surface area contributed by atoms with Gasteiger partial charge in [0.1, 0.15) is 0 Å². The first kappa shape index (κ1) is 13.4. The Bertz CT molecular complexity index is 513. The quantitative estimate of drug-likeness (QED) is 0.660. The van der Waals surface area contributed by atoms with Gasteiger partial charge in [0, 0.05) is 13.6 Å². The van der Waals surface area contributed by atoms with Gasteiger partial charge in [-0.3, -0.25) is 10.4 Å². The second kappa shape index (κ2) is 6.75. The number of thiocarbonyl (C=S) groups is 1. The van der Waals surface area contributed by atoms with Gasteiger partial charge in [-0.1, -0.05) is 48.5 Å². The molecular formula is C15H17N3S. The molecule has 0 saturated heterocycles. The predicted molar refractivity (Wildman–Crippen MR) is 83.9 cm³/mol. The van der Waals surface area contributed by atoms with E-state index in [0.29, 0.717) is 5.11 Å². The van der Waals surface area contributed by atoms with Crippen LogP contribution < -0.4 is 15.8 Å². The highest BCUT2D eigenvalue weighted by atomic mass is 32.1. The largest absolute Gasteiger partial charge is 0.357 e. The third kappa shape index (κ3) is 4.26. The summed E-state index contributed by atoms with van der Waals surface area (Å²) in [5, 5.41) is 5.67. The van der Waals surface area contributed by atoms with Crippen LogP contribution >= 0.6 is 12.2 Å². The van der Waals surface area contributed by atoms with Gasteiger partial charge >= 0.3 is 0 Å². The molecule has 0 amide bonds. The number of anilines is 1. The molecule has 2 rings (SSSR count). The first-order valence-corrected chi connectivity index (χ1v) is 6.54. The van der Waals surface area contributed by atoms with Crippen LogP contribution in [0.1, 0.15) is 5.56 Å². The Kier molecular flexibility index (Phi) is 4.75. The van der Waals surface area contributed by atoms with E-state index in [1.807, 2.05) is 60.6 Å². The SMILES string of the molecule is CN(NC(=S)NCc1ccccc1)c1ccccc1. The molecule has 0 bridgehead atoms. The summed E-state index contributed by atoms with van der Waals surface area (Å²) in [6, 6.07) is 20.2. The van der Waals surface area contributed by atoms with Gasteiger partial charge in [0.15, 0.2) is 5.11 Å². The minimum absolute atomic E-state index is 0.607. The molecule has 0 heterocycles. The van der Waals surface area contributed by atoms with Crippen molar-refractivity contribution in [3.63, 3.8) is 0 Å². The van der Waals surface area contributed by atoms with Crippen molar-refractivity contribution in [2.24, 2.45) is 0 Å². The summed E-state index contributed by atoms with van der Waals surface area (Å²) in [5.41, 5.74) is 5.38. The number of nitrogens with one attached hydrogen (secondary N) is 2. The molecule has 0 saturated carbocycles. The van der Waals surface area contributed by atoms with E-state index in [9.17, 15) is 0 Å². The van der Waals surface area contributed by atoms with Crippen molar-refractivity contribution in [1.82, 2.24) is 10.7 Å². The van der Waals surface area contributed by atoms with Gasteiger partial charge in [0.05, 0.1) is 5.69 Å². The van der Waals surface area contributed by atoms with Crippen molar-refractivity contribution in [3.05, 3.63) is 66.2 Å². The summed E-state index contributed by atoms with van der Waals surface area (Å²) >= 11 is 5.27. The second-order valence-electron chi connectivity index (χ2n) is 4.17. The zero-order valence-corrected chi connectivity index (χ0v) is 11.7. The van der Waals surface area contributed by atoms with Crippen LogP contribution in [0.2, 0.25) is 0 Å². The van der Waals surface area contributed by atoms with E-state index < -0.39 is 0 Å². The highest BCUT2D eigenvalue weighted by molar-refractivity contribution is 7.80. The summed E-state index contributed by atoms with van der Waals surface area (Å²) in [7, 11) is 1.94. The lowest BCUT2D eigenvalue weighted by atomic mass is 10.2. The average Bonchev–Trinajstić information content (AvgIpc) is 2.47. The van der Waals surface area contributed by atoms with Gasteiger partial charge < -0.3 is 5.32 Å². The van der Waals surface area contributed by atoms with Gasteiger partial charge in [0.25, 0.3) is 0 Å². The van der Waals surface area contributed by atoms with E-state index >= 15 is 0 Å². The van der Waals surface area contributed by atoms with Crippen LogP contribution in [0.4, 0.5) is 5.69 Å². The maximum absolute atomic E-state index is 5.27. The number of hydrazine groups is 1. The van der Waals surface area contributed by atoms with Crippen LogP contribution in [0.5, 0.6) is 0 Å². The fourth-order valence-corrected chi connectivity index (χ4v) is 1.90. The van der Waals surface area contributed by atoms with E-state index in [4.69, 9.17) is 12.2 Å². The molecule has 0 atom stereocenters. The van der Waals surface area contributed by atoms with Crippen LogP contribution in [0.3, 0.4) is 0 Å². The first-order chi connectivity index (χ1) is 9.25. The Morgan fingerprint density at radius 2 is 1.58 bits per heavy atom. The lowest BCUT2D eigenvalue weighted by Crippen LogP contribution is -2.45. The third-order valence-corrected chi connectivity index (χ3v) is 2.94. The van der Waals surface area contributed by atoms with E-state index in [-0.39, 0.29) is 0 Å². The van der Waals surface area contributed by atoms with Crippen molar-refractivity contribution in [2.75, 3.05) is 12.1 Å². The maximum atomic E-state index is 5.27. The predicted octanol–water partition coefficient (Wildman–Crippen LogP) is 2.70. The van der Waals surface area contributed by atoms with E-state index in [1.54, 1.807) is 0 Å². The molecule has 19 heavy (non-hydrogen) atoms. The van der Waals surface area contributed by atoms with Crippen LogP contribution in [-0.4, -0.2) is 12.2 Å². The smallest absolute Gasteiger partial charge is 0.185 e. The average molecular weight is 271 g/mol. The molecule has 98 valence electrons. The van der Waals surface area contributed by atoms with Crippen molar-refractivity contribution in [1.29, 1.82) is 0 Å². The highest BCUT2D eigenvalue weighted by Gasteiger charge is 2.01.